The molecule has 3 aliphatic heterocycles. The molecule has 1 aromatic rings. The number of piperidine rings is 1. The van der Waals surface area contributed by atoms with Crippen LogP contribution in [0.2, 0.25) is 0 Å². The summed E-state index contributed by atoms with van der Waals surface area (Å²) in [6.45, 7) is 2.26. The molecule has 1 spiro atoms. The molecule has 2 N–H and O–H groups in total. The molecule has 140 valence electrons. The third-order valence-corrected chi connectivity index (χ3v) is 6.22. The second-order valence-corrected chi connectivity index (χ2v) is 7.88. The van der Waals surface area contributed by atoms with Gasteiger partial charge in [-0.2, -0.15) is 0 Å². The number of hydrogen-bond donors (Lipinski definition) is 2. The van der Waals surface area contributed by atoms with Crippen molar-refractivity contribution >= 4 is 23.2 Å². The molecule has 2 saturated heterocycles. The first-order valence-electron chi connectivity index (χ1n) is 9.77. The van der Waals surface area contributed by atoms with Gasteiger partial charge in [0.25, 0.3) is 0 Å². The van der Waals surface area contributed by atoms with Gasteiger partial charge in [0.1, 0.15) is 5.54 Å². The van der Waals surface area contributed by atoms with Gasteiger partial charge in [0.05, 0.1) is 17.4 Å². The summed E-state index contributed by atoms with van der Waals surface area (Å²) in [6.07, 6.45) is 5.75. The predicted octanol–water partition coefficient (Wildman–Crippen LogP) is 2.29. The topological polar surface area (TPSA) is 64.7 Å². The van der Waals surface area contributed by atoms with Crippen molar-refractivity contribution in [3.05, 3.63) is 24.3 Å². The highest BCUT2D eigenvalue weighted by Crippen LogP contribution is 2.36. The molecule has 4 rings (SSSR count). The number of para-hydroxylation sites is 2. The molecule has 26 heavy (non-hydrogen) atoms. The van der Waals surface area contributed by atoms with E-state index in [2.05, 4.69) is 22.6 Å². The number of benzene rings is 1. The highest BCUT2D eigenvalue weighted by atomic mass is 16.2. The number of rotatable bonds is 1. The van der Waals surface area contributed by atoms with E-state index in [1.807, 2.05) is 29.2 Å². The first-order chi connectivity index (χ1) is 12.6. The molecule has 0 unspecified atom stereocenters. The first-order valence-corrected chi connectivity index (χ1v) is 9.77. The number of likely N-dealkylation sites (tertiary alicyclic amines) is 2. The number of carbonyl (C=O) groups is 2. The van der Waals surface area contributed by atoms with Crippen LogP contribution in [0.3, 0.4) is 0 Å². The summed E-state index contributed by atoms with van der Waals surface area (Å²) >= 11 is 0. The fourth-order valence-electron chi connectivity index (χ4n) is 4.49. The van der Waals surface area contributed by atoms with Crippen LogP contribution in [-0.4, -0.2) is 59.9 Å². The van der Waals surface area contributed by atoms with Crippen LogP contribution in [-0.2, 0) is 9.59 Å². The Balaban J connectivity index is 1.44. The van der Waals surface area contributed by atoms with E-state index in [-0.39, 0.29) is 17.9 Å². The van der Waals surface area contributed by atoms with Gasteiger partial charge in [-0.1, -0.05) is 25.0 Å². The van der Waals surface area contributed by atoms with E-state index in [0.717, 1.165) is 30.8 Å². The molecule has 2 fully saturated rings. The fourth-order valence-corrected chi connectivity index (χ4v) is 4.49. The van der Waals surface area contributed by atoms with E-state index >= 15 is 0 Å². The van der Waals surface area contributed by atoms with E-state index < -0.39 is 5.54 Å². The first kappa shape index (κ1) is 17.3. The average Bonchev–Trinajstić information content (AvgIpc) is 2.87. The molecule has 6 nitrogen and oxygen atoms in total. The highest BCUT2D eigenvalue weighted by Gasteiger charge is 2.45. The third-order valence-electron chi connectivity index (χ3n) is 6.22. The largest absolute Gasteiger partial charge is 0.369 e. The van der Waals surface area contributed by atoms with Crippen molar-refractivity contribution in [2.45, 2.75) is 50.1 Å². The Kier molecular flexibility index (Phi) is 4.61. The van der Waals surface area contributed by atoms with Crippen LogP contribution in [0.4, 0.5) is 11.4 Å². The Bertz CT molecular complexity index is 697. The van der Waals surface area contributed by atoms with Gasteiger partial charge < -0.3 is 15.5 Å². The molecular formula is C20H28N4O2. The van der Waals surface area contributed by atoms with Gasteiger partial charge in [-0.05, 0) is 51.4 Å². The number of fused-ring (bicyclic) bond motifs is 1. The van der Waals surface area contributed by atoms with Gasteiger partial charge in [-0.15, -0.1) is 0 Å². The molecule has 1 aromatic carbocycles. The van der Waals surface area contributed by atoms with Crippen molar-refractivity contribution in [3.63, 3.8) is 0 Å². The molecule has 0 saturated carbocycles. The van der Waals surface area contributed by atoms with Crippen LogP contribution in [0.1, 0.15) is 38.5 Å². The molecule has 0 aromatic heterocycles. The highest BCUT2D eigenvalue weighted by molar-refractivity contribution is 6.06. The van der Waals surface area contributed by atoms with E-state index in [9.17, 15) is 9.59 Å². The van der Waals surface area contributed by atoms with Gasteiger partial charge in [-0.3, -0.25) is 14.5 Å². The molecule has 3 heterocycles. The smallest absolute Gasteiger partial charge is 0.250 e. The third kappa shape index (κ3) is 3.07. The maximum absolute atomic E-state index is 13.0. The maximum atomic E-state index is 13.0. The molecule has 1 atom stereocenters. The van der Waals surface area contributed by atoms with Crippen molar-refractivity contribution < 1.29 is 9.59 Å². The van der Waals surface area contributed by atoms with Crippen LogP contribution >= 0.6 is 0 Å². The molecule has 6 heteroatoms. The predicted molar refractivity (Wildman–Crippen MR) is 102 cm³/mol. The van der Waals surface area contributed by atoms with Crippen LogP contribution < -0.4 is 10.6 Å². The van der Waals surface area contributed by atoms with E-state index in [1.165, 1.54) is 12.8 Å². The van der Waals surface area contributed by atoms with E-state index in [0.29, 0.717) is 25.9 Å². The molecule has 0 aliphatic carbocycles. The molecule has 3 aliphatic rings. The molecular weight excluding hydrogens is 328 g/mol. The van der Waals surface area contributed by atoms with Gasteiger partial charge in [0, 0.05) is 13.1 Å². The Morgan fingerprint density at radius 2 is 1.81 bits per heavy atom. The normalized spacial score (nSPS) is 25.8. The average molecular weight is 356 g/mol. The lowest BCUT2D eigenvalue weighted by molar-refractivity contribution is -0.139. The quantitative estimate of drug-likeness (QED) is 0.810. The lowest BCUT2D eigenvalue weighted by atomic mass is 9.84. The number of hydrogen-bond acceptors (Lipinski definition) is 4. The summed E-state index contributed by atoms with van der Waals surface area (Å²) < 4.78 is 0. The van der Waals surface area contributed by atoms with Gasteiger partial charge in [0.2, 0.25) is 11.8 Å². The summed E-state index contributed by atoms with van der Waals surface area (Å²) in [4.78, 5) is 29.9. The number of likely N-dealkylation sites (N-methyl/N-ethyl adjacent to an activating group) is 1. The van der Waals surface area contributed by atoms with E-state index in [1.54, 1.807) is 0 Å². The Labute approximate surface area is 154 Å². The monoisotopic (exact) mass is 356 g/mol. The minimum absolute atomic E-state index is 0.000387. The van der Waals surface area contributed by atoms with Crippen LogP contribution in [0, 0.1) is 0 Å². The minimum atomic E-state index is -0.597. The Morgan fingerprint density at radius 1 is 1.08 bits per heavy atom. The summed E-state index contributed by atoms with van der Waals surface area (Å²) in [5.41, 5.74) is 1.21. The fraction of sp³-hybridized carbons (Fsp3) is 0.600. The molecule has 0 radical (unpaired) electrons. The van der Waals surface area contributed by atoms with Crippen molar-refractivity contribution in [1.82, 2.24) is 9.80 Å². The van der Waals surface area contributed by atoms with Gasteiger partial charge >= 0.3 is 0 Å². The van der Waals surface area contributed by atoms with Crippen LogP contribution in [0.15, 0.2) is 24.3 Å². The lowest BCUT2D eigenvalue weighted by Gasteiger charge is -2.45. The van der Waals surface area contributed by atoms with E-state index in [4.69, 9.17) is 0 Å². The zero-order valence-corrected chi connectivity index (χ0v) is 15.5. The summed E-state index contributed by atoms with van der Waals surface area (Å²) in [6, 6.07) is 7.80. The number of nitrogens with zero attached hydrogens (tertiary/aromatic N) is 2. The van der Waals surface area contributed by atoms with Crippen LogP contribution in [0.5, 0.6) is 0 Å². The zero-order valence-electron chi connectivity index (χ0n) is 15.5. The second-order valence-electron chi connectivity index (χ2n) is 7.88. The SMILES string of the molecule is CN1CCCCC[C@H]1C(=O)N1CCC2(CC1)Nc1ccccc1NC2=O. The minimum Gasteiger partial charge on any atom is -0.369 e. The zero-order chi connectivity index (χ0) is 18.1. The summed E-state index contributed by atoms with van der Waals surface area (Å²) in [5, 5.41) is 6.49. The van der Waals surface area contributed by atoms with Crippen molar-refractivity contribution in [3.8, 4) is 0 Å². The Hall–Kier alpha value is -2.08. The second kappa shape index (κ2) is 6.91. The lowest BCUT2D eigenvalue weighted by Crippen LogP contribution is -2.60. The van der Waals surface area contributed by atoms with Crippen molar-refractivity contribution in [2.75, 3.05) is 37.3 Å². The number of anilines is 2. The maximum Gasteiger partial charge on any atom is 0.250 e. The summed E-state index contributed by atoms with van der Waals surface area (Å²) in [7, 11) is 2.06. The number of amides is 2. The van der Waals surface area contributed by atoms with Gasteiger partial charge in [-0.25, -0.2) is 0 Å². The number of nitrogens with one attached hydrogen (secondary N) is 2. The molecule has 0 bridgehead atoms. The van der Waals surface area contributed by atoms with Crippen molar-refractivity contribution in [1.29, 1.82) is 0 Å². The van der Waals surface area contributed by atoms with Gasteiger partial charge in [0.15, 0.2) is 0 Å². The standard InChI is InChI=1S/C20H28N4O2/c1-23-12-6-2-3-9-17(23)18(25)24-13-10-20(11-14-24)19(26)21-15-7-4-5-8-16(15)22-20/h4-5,7-8,17,22H,2-3,6,9-14H2,1H3,(H,21,26)/t17-/m0/s1. The Morgan fingerprint density at radius 3 is 2.58 bits per heavy atom. The van der Waals surface area contributed by atoms with Crippen molar-refractivity contribution in [2.24, 2.45) is 0 Å². The number of carbonyl (C=O) groups excluding carboxylic acids is 2. The molecule has 2 amide bonds. The van der Waals surface area contributed by atoms with Crippen LogP contribution in [0.25, 0.3) is 0 Å². The summed E-state index contributed by atoms with van der Waals surface area (Å²) in [5.74, 6) is 0.260.